The monoisotopic (exact) mass is 465 g/mol. The molecule has 2 fully saturated rings. The van der Waals surface area contributed by atoms with Crippen molar-refractivity contribution in [3.8, 4) is 0 Å². The van der Waals surface area contributed by atoms with Crippen LogP contribution in [0.1, 0.15) is 60.3 Å². The third-order valence-corrected chi connectivity index (χ3v) is 8.14. The van der Waals surface area contributed by atoms with Gasteiger partial charge in [0.2, 0.25) is 0 Å². The number of fused-ring (bicyclic) bond motifs is 4. The van der Waals surface area contributed by atoms with Crippen LogP contribution in [0, 0.1) is 13.8 Å². The lowest BCUT2D eigenvalue weighted by Gasteiger charge is -2.29. The maximum absolute atomic E-state index is 14.3. The number of anilines is 1. The van der Waals surface area contributed by atoms with E-state index >= 15 is 0 Å². The number of aromatic nitrogens is 3. The molecule has 1 atom stereocenters. The molecule has 3 aromatic rings. The second-order valence-electron chi connectivity index (χ2n) is 10.3. The number of halogens is 2. The molecule has 6 nitrogen and oxygen atoms in total. The summed E-state index contributed by atoms with van der Waals surface area (Å²) in [7, 11) is 0. The maximum Gasteiger partial charge on any atom is 0.273 e. The highest BCUT2D eigenvalue weighted by Gasteiger charge is 2.46. The Hall–Kier alpha value is -2.87. The molecule has 8 heteroatoms. The van der Waals surface area contributed by atoms with Crippen LogP contribution in [0.2, 0.25) is 0 Å². The second kappa shape index (κ2) is 7.31. The van der Waals surface area contributed by atoms with Crippen LogP contribution in [0.5, 0.6) is 0 Å². The van der Waals surface area contributed by atoms with E-state index in [0.29, 0.717) is 29.1 Å². The van der Waals surface area contributed by atoms with E-state index in [-0.39, 0.29) is 29.1 Å². The van der Waals surface area contributed by atoms with Gasteiger partial charge in [-0.05, 0) is 51.2 Å². The lowest BCUT2D eigenvalue weighted by Crippen LogP contribution is -2.41. The molecule has 1 N–H and O–H groups in total. The first-order chi connectivity index (χ1) is 16.2. The Morgan fingerprint density at radius 3 is 2.59 bits per heavy atom. The van der Waals surface area contributed by atoms with Gasteiger partial charge >= 0.3 is 0 Å². The van der Waals surface area contributed by atoms with Gasteiger partial charge in [0, 0.05) is 43.4 Å². The summed E-state index contributed by atoms with van der Waals surface area (Å²) in [6, 6.07) is 4.94. The van der Waals surface area contributed by atoms with Gasteiger partial charge < -0.3 is 14.8 Å². The molecule has 2 aliphatic heterocycles. The van der Waals surface area contributed by atoms with Crippen molar-refractivity contribution in [2.45, 2.75) is 64.0 Å². The molecule has 0 saturated carbocycles. The first-order valence-corrected chi connectivity index (χ1v) is 12.1. The van der Waals surface area contributed by atoms with Gasteiger partial charge in [-0.25, -0.2) is 18.7 Å². The smallest absolute Gasteiger partial charge is 0.273 e. The Kier molecular flexibility index (Phi) is 4.66. The number of hydrogen-bond acceptors (Lipinski definition) is 5. The van der Waals surface area contributed by atoms with Crippen LogP contribution in [0.15, 0.2) is 29.2 Å². The fraction of sp³-hybridized carbons (Fsp3) is 0.500. The number of nitrogens with one attached hydrogen (secondary N) is 1. The van der Waals surface area contributed by atoms with Crippen molar-refractivity contribution >= 4 is 16.7 Å². The Balaban J connectivity index is 1.46. The molecule has 4 heterocycles. The minimum atomic E-state index is -2.77. The first-order valence-electron chi connectivity index (χ1n) is 12.1. The number of piperidine rings is 1. The van der Waals surface area contributed by atoms with E-state index in [1.165, 1.54) is 6.07 Å². The van der Waals surface area contributed by atoms with Gasteiger partial charge in [0.25, 0.3) is 11.5 Å². The van der Waals surface area contributed by atoms with E-state index in [9.17, 15) is 13.6 Å². The van der Waals surface area contributed by atoms with Gasteiger partial charge in [-0.2, -0.15) is 0 Å². The first kappa shape index (κ1) is 21.6. The van der Waals surface area contributed by atoms with Crippen LogP contribution >= 0.6 is 0 Å². The molecule has 0 amide bonds. The predicted octanol–water partition coefficient (Wildman–Crippen LogP) is 4.42. The summed E-state index contributed by atoms with van der Waals surface area (Å²) in [6.07, 6.45) is 4.08. The lowest BCUT2D eigenvalue weighted by molar-refractivity contribution is -0.00184. The number of aryl methyl sites for hydroxylation is 2. The van der Waals surface area contributed by atoms with Gasteiger partial charge in [-0.3, -0.25) is 4.79 Å². The molecule has 178 valence electrons. The fourth-order valence-electron chi connectivity index (χ4n) is 6.27. The van der Waals surface area contributed by atoms with Crippen LogP contribution in [-0.2, 0) is 17.9 Å². The van der Waals surface area contributed by atoms with Gasteiger partial charge in [0.05, 0.1) is 22.5 Å². The Morgan fingerprint density at radius 1 is 1.12 bits per heavy atom. The third-order valence-electron chi connectivity index (χ3n) is 8.14. The Labute approximate surface area is 197 Å². The van der Waals surface area contributed by atoms with Crippen molar-refractivity contribution in [1.82, 2.24) is 19.4 Å². The zero-order valence-electron chi connectivity index (χ0n) is 19.8. The minimum absolute atomic E-state index is 0.0106. The number of alkyl halides is 2. The molecule has 0 spiro atoms. The van der Waals surface area contributed by atoms with E-state index in [2.05, 4.69) is 15.2 Å². The van der Waals surface area contributed by atoms with Crippen LogP contribution in [0.25, 0.3) is 10.9 Å². The largest absolute Gasteiger partial charge is 0.363 e. The zero-order chi connectivity index (χ0) is 23.8. The fourth-order valence-corrected chi connectivity index (χ4v) is 6.27. The van der Waals surface area contributed by atoms with Crippen molar-refractivity contribution in [1.29, 1.82) is 0 Å². The quantitative estimate of drug-likeness (QED) is 0.618. The van der Waals surface area contributed by atoms with Crippen molar-refractivity contribution in [2.24, 2.45) is 0 Å². The van der Waals surface area contributed by atoms with Crippen LogP contribution in [0.3, 0.4) is 0 Å². The molecule has 34 heavy (non-hydrogen) atoms. The minimum Gasteiger partial charge on any atom is -0.363 e. The van der Waals surface area contributed by atoms with Gasteiger partial charge in [-0.15, -0.1) is 0 Å². The van der Waals surface area contributed by atoms with Gasteiger partial charge in [0.15, 0.2) is 0 Å². The predicted molar refractivity (Wildman–Crippen MR) is 128 cm³/mol. The van der Waals surface area contributed by atoms with Crippen molar-refractivity contribution in [3.05, 3.63) is 62.8 Å². The molecule has 0 unspecified atom stereocenters. The molecule has 6 rings (SSSR count). The number of hydrogen-bond donors (Lipinski definition) is 1. The van der Waals surface area contributed by atoms with E-state index < -0.39 is 5.92 Å². The molecular weight excluding hydrogens is 436 g/mol. The number of nitrogens with zero attached hydrogens (tertiary/aromatic N) is 4. The third kappa shape index (κ3) is 3.11. The standard InChI is InChI=1S/C26H29F2N5O/c1-15-22-20(13-33(24(15)34)25-9-11-32(14-25)12-10-25)23(31-17(3)30-22)29-16(2)18-5-4-6-21-19(18)7-8-26(21,27)28/h4-6,13,16H,7-12,14H2,1-3H3,(H,29,30,31)/t16-/m0/s1. The summed E-state index contributed by atoms with van der Waals surface area (Å²) in [5, 5.41) is 4.28. The molecular formula is C26H29F2N5O. The van der Waals surface area contributed by atoms with Crippen LogP contribution in [0.4, 0.5) is 14.6 Å². The normalized spacial score (nSPS) is 25.6. The van der Waals surface area contributed by atoms with Crippen molar-refractivity contribution in [2.75, 3.05) is 25.0 Å². The van der Waals surface area contributed by atoms with E-state index in [1.54, 1.807) is 6.07 Å². The highest BCUT2D eigenvalue weighted by atomic mass is 19.3. The molecule has 0 radical (unpaired) electrons. The average molecular weight is 466 g/mol. The molecule has 2 aromatic heterocycles. The summed E-state index contributed by atoms with van der Waals surface area (Å²) in [6.45, 7) is 8.55. The van der Waals surface area contributed by atoms with Gasteiger partial charge in [-0.1, -0.05) is 18.2 Å². The van der Waals surface area contributed by atoms with E-state index in [1.807, 2.05) is 37.6 Å². The number of pyridine rings is 1. The second-order valence-corrected chi connectivity index (χ2v) is 10.3. The lowest BCUT2D eigenvalue weighted by atomic mass is 9.94. The SMILES string of the molecule is Cc1nc(N[C@@H](C)c2cccc3c2CCC3(F)F)c2cn(C34CCN(CC3)C4)c(=O)c(C)c2n1. The molecule has 1 aliphatic carbocycles. The highest BCUT2D eigenvalue weighted by molar-refractivity contribution is 5.90. The van der Waals surface area contributed by atoms with Crippen molar-refractivity contribution < 1.29 is 8.78 Å². The van der Waals surface area contributed by atoms with Crippen LogP contribution < -0.4 is 10.9 Å². The van der Waals surface area contributed by atoms with Gasteiger partial charge in [0.1, 0.15) is 11.6 Å². The zero-order valence-corrected chi connectivity index (χ0v) is 19.8. The molecule has 2 saturated heterocycles. The number of benzene rings is 1. The maximum atomic E-state index is 14.3. The topological polar surface area (TPSA) is 63.1 Å². The summed E-state index contributed by atoms with van der Waals surface area (Å²) < 4.78 is 30.6. The molecule has 3 aliphatic rings. The highest BCUT2D eigenvalue weighted by Crippen LogP contribution is 2.44. The van der Waals surface area contributed by atoms with Crippen LogP contribution in [-0.4, -0.2) is 39.1 Å². The van der Waals surface area contributed by atoms with Crippen molar-refractivity contribution in [3.63, 3.8) is 0 Å². The summed E-state index contributed by atoms with van der Waals surface area (Å²) in [5.41, 5.74) is 2.85. The summed E-state index contributed by atoms with van der Waals surface area (Å²) in [4.78, 5) is 25.1. The van der Waals surface area contributed by atoms with E-state index in [0.717, 1.165) is 49.0 Å². The van der Waals surface area contributed by atoms with E-state index in [4.69, 9.17) is 4.98 Å². The Morgan fingerprint density at radius 2 is 1.88 bits per heavy atom. The Bertz CT molecular complexity index is 1370. The molecule has 2 bridgehead atoms. The molecule has 1 aromatic carbocycles. The number of rotatable bonds is 4. The summed E-state index contributed by atoms with van der Waals surface area (Å²) in [5.74, 6) is -1.57. The summed E-state index contributed by atoms with van der Waals surface area (Å²) >= 11 is 0. The average Bonchev–Trinajstić information content (AvgIpc) is 3.50.